The van der Waals surface area contributed by atoms with Gasteiger partial charge in [-0.3, -0.25) is 0 Å². The summed E-state index contributed by atoms with van der Waals surface area (Å²) in [5.74, 6) is 0. The molecule has 0 radical (unpaired) electrons. The molecule has 2 N–H and O–H groups in total. The first-order valence-electron chi connectivity index (χ1n) is 13.8. The van der Waals surface area contributed by atoms with Crippen LogP contribution in [-0.4, -0.2) is 50.5 Å². The maximum atomic E-state index is 12.0. The van der Waals surface area contributed by atoms with Gasteiger partial charge in [0.15, 0.2) is 0 Å². The van der Waals surface area contributed by atoms with Crippen LogP contribution in [0.15, 0.2) is 0 Å². The number of methoxy groups -OCH3 is 1. The van der Waals surface area contributed by atoms with Crippen LogP contribution in [0.2, 0.25) is 0 Å². The number of carbonyl (C=O) groups is 1. The lowest BCUT2D eigenvalue weighted by Crippen LogP contribution is -2.37. The Morgan fingerprint density at radius 1 is 0.758 bits per heavy atom. The first kappa shape index (κ1) is 32.1. The zero-order valence-corrected chi connectivity index (χ0v) is 22.1. The molecule has 0 rings (SSSR count). The average Bonchev–Trinajstić information content (AvgIpc) is 2.82. The molecule has 0 aromatic carbocycles. The van der Waals surface area contributed by atoms with Gasteiger partial charge < -0.3 is 24.6 Å². The largest absolute Gasteiger partial charge is 0.417 e. The molecule has 6 heteroatoms. The summed E-state index contributed by atoms with van der Waals surface area (Å²) in [6.45, 7) is 5.26. The molecule has 0 aliphatic carbocycles. The monoisotopic (exact) mass is 473 g/mol. The Labute approximate surface area is 204 Å². The van der Waals surface area contributed by atoms with Crippen molar-refractivity contribution in [2.45, 2.75) is 142 Å². The van der Waals surface area contributed by atoms with E-state index in [1.54, 1.807) is 14.0 Å². The zero-order chi connectivity index (χ0) is 24.4. The highest BCUT2D eigenvalue weighted by Crippen LogP contribution is 2.13. The fourth-order valence-electron chi connectivity index (χ4n) is 3.80. The number of hydrogen-bond acceptors (Lipinski definition) is 5. The van der Waals surface area contributed by atoms with Crippen LogP contribution < -0.4 is 5.32 Å². The van der Waals surface area contributed by atoms with Crippen LogP contribution in [0, 0.1) is 0 Å². The third-order valence-electron chi connectivity index (χ3n) is 6.11. The fraction of sp³-hybridized carbons (Fsp3) is 0.963. The van der Waals surface area contributed by atoms with E-state index in [0.29, 0.717) is 26.0 Å². The third-order valence-corrected chi connectivity index (χ3v) is 6.11. The Balaban J connectivity index is 3.49. The van der Waals surface area contributed by atoms with Gasteiger partial charge in [-0.1, -0.05) is 103 Å². The van der Waals surface area contributed by atoms with Gasteiger partial charge in [0.2, 0.25) is 6.29 Å². The minimum absolute atomic E-state index is 0.133. The summed E-state index contributed by atoms with van der Waals surface area (Å²) in [7, 11) is 1.56. The van der Waals surface area contributed by atoms with Crippen molar-refractivity contribution in [3.05, 3.63) is 0 Å². The molecule has 2 unspecified atom stereocenters. The van der Waals surface area contributed by atoms with Gasteiger partial charge in [-0.15, -0.1) is 0 Å². The SMILES string of the molecule is CCCCCCCCCCCCCCCCCCNC(=O)OC(OCCCCO)C(C)OC. The van der Waals surface area contributed by atoms with Gasteiger partial charge in [0.1, 0.15) is 6.10 Å². The number of carbonyl (C=O) groups excluding carboxylic acids is 1. The maximum absolute atomic E-state index is 12.0. The summed E-state index contributed by atoms with van der Waals surface area (Å²) in [6.07, 6.45) is 21.2. The van der Waals surface area contributed by atoms with E-state index in [2.05, 4.69) is 12.2 Å². The van der Waals surface area contributed by atoms with Crippen molar-refractivity contribution in [1.82, 2.24) is 5.32 Å². The number of rotatable bonds is 25. The molecule has 2 atom stereocenters. The highest BCUT2D eigenvalue weighted by atomic mass is 16.7. The number of aliphatic hydroxyl groups excluding tert-OH is 1. The van der Waals surface area contributed by atoms with E-state index in [9.17, 15) is 4.79 Å². The molecule has 6 nitrogen and oxygen atoms in total. The van der Waals surface area contributed by atoms with E-state index in [0.717, 1.165) is 12.8 Å². The molecule has 0 heterocycles. The number of nitrogens with one attached hydrogen (secondary N) is 1. The van der Waals surface area contributed by atoms with E-state index in [-0.39, 0.29) is 12.7 Å². The van der Waals surface area contributed by atoms with Crippen molar-refractivity contribution in [3.63, 3.8) is 0 Å². The second-order valence-corrected chi connectivity index (χ2v) is 9.25. The molecule has 0 spiro atoms. The molecule has 0 bridgehead atoms. The van der Waals surface area contributed by atoms with Crippen molar-refractivity contribution in [3.8, 4) is 0 Å². The molecule has 0 saturated heterocycles. The number of amides is 1. The predicted octanol–water partition coefficient (Wildman–Crippen LogP) is 7.12. The quantitative estimate of drug-likeness (QED) is 0.109. The number of hydrogen-bond donors (Lipinski definition) is 2. The van der Waals surface area contributed by atoms with Crippen molar-refractivity contribution in [1.29, 1.82) is 0 Å². The first-order valence-corrected chi connectivity index (χ1v) is 13.8. The Hall–Kier alpha value is -0.850. The van der Waals surface area contributed by atoms with E-state index in [1.165, 1.54) is 89.9 Å². The van der Waals surface area contributed by atoms with E-state index in [1.807, 2.05) is 0 Å². The maximum Gasteiger partial charge on any atom is 0.409 e. The van der Waals surface area contributed by atoms with E-state index < -0.39 is 12.4 Å². The van der Waals surface area contributed by atoms with Crippen molar-refractivity contribution >= 4 is 6.09 Å². The molecule has 0 aromatic rings. The summed E-state index contributed by atoms with van der Waals surface area (Å²) in [4.78, 5) is 12.0. The van der Waals surface area contributed by atoms with Gasteiger partial charge in [0, 0.05) is 20.3 Å². The summed E-state index contributed by atoms with van der Waals surface area (Å²) >= 11 is 0. The van der Waals surface area contributed by atoms with Crippen LogP contribution in [0.4, 0.5) is 4.79 Å². The first-order chi connectivity index (χ1) is 16.2. The highest BCUT2D eigenvalue weighted by Gasteiger charge is 2.22. The number of alkyl carbamates (subject to hydrolysis) is 1. The van der Waals surface area contributed by atoms with Crippen LogP contribution in [0.1, 0.15) is 129 Å². The Kier molecular flexibility index (Phi) is 25.1. The lowest BCUT2D eigenvalue weighted by molar-refractivity contribution is -0.166. The molecular formula is C27H55NO5. The Bertz CT molecular complexity index is 408. The average molecular weight is 474 g/mol. The van der Waals surface area contributed by atoms with Crippen LogP contribution in [0.3, 0.4) is 0 Å². The van der Waals surface area contributed by atoms with Gasteiger partial charge in [-0.25, -0.2) is 4.79 Å². The van der Waals surface area contributed by atoms with Gasteiger partial charge in [-0.05, 0) is 26.2 Å². The predicted molar refractivity (Wildman–Crippen MR) is 137 cm³/mol. The summed E-state index contributed by atoms with van der Waals surface area (Å²) in [5.41, 5.74) is 0. The smallest absolute Gasteiger partial charge is 0.409 e. The molecule has 0 aliphatic heterocycles. The molecule has 0 aromatic heterocycles. The topological polar surface area (TPSA) is 77.0 Å². The van der Waals surface area contributed by atoms with Crippen LogP contribution in [0.5, 0.6) is 0 Å². The minimum atomic E-state index is -0.737. The molecule has 0 fully saturated rings. The van der Waals surface area contributed by atoms with Gasteiger partial charge in [0.25, 0.3) is 0 Å². The lowest BCUT2D eigenvalue weighted by Gasteiger charge is -2.23. The van der Waals surface area contributed by atoms with Crippen LogP contribution >= 0.6 is 0 Å². The van der Waals surface area contributed by atoms with E-state index in [4.69, 9.17) is 19.3 Å². The summed E-state index contributed by atoms with van der Waals surface area (Å²) in [5, 5.41) is 11.6. The fourth-order valence-corrected chi connectivity index (χ4v) is 3.80. The summed E-state index contributed by atoms with van der Waals surface area (Å²) < 4.78 is 16.2. The molecule has 0 aliphatic rings. The van der Waals surface area contributed by atoms with Crippen molar-refractivity contribution in [2.24, 2.45) is 0 Å². The molecule has 0 saturated carbocycles. The second-order valence-electron chi connectivity index (χ2n) is 9.25. The minimum Gasteiger partial charge on any atom is -0.417 e. The molecule has 198 valence electrons. The van der Waals surface area contributed by atoms with Gasteiger partial charge in [0.05, 0.1) is 6.61 Å². The highest BCUT2D eigenvalue weighted by molar-refractivity contribution is 5.67. The lowest BCUT2D eigenvalue weighted by atomic mass is 10.0. The summed E-state index contributed by atoms with van der Waals surface area (Å²) in [6, 6.07) is 0. The zero-order valence-electron chi connectivity index (χ0n) is 22.1. The molecule has 1 amide bonds. The van der Waals surface area contributed by atoms with Crippen LogP contribution in [0.25, 0.3) is 0 Å². The normalized spacial score (nSPS) is 13.1. The van der Waals surface area contributed by atoms with Crippen LogP contribution in [-0.2, 0) is 14.2 Å². The number of unbranched alkanes of at least 4 members (excludes halogenated alkanes) is 16. The number of ether oxygens (including phenoxy) is 3. The Morgan fingerprint density at radius 3 is 1.70 bits per heavy atom. The molecule has 33 heavy (non-hydrogen) atoms. The van der Waals surface area contributed by atoms with Crippen molar-refractivity contribution in [2.75, 3.05) is 26.9 Å². The second kappa shape index (κ2) is 25.8. The standard InChI is InChI=1S/C27H55NO5/c1-4-5-6-7-8-9-10-11-12-13-14-15-16-17-18-19-22-28-27(30)33-26(25(2)31-3)32-24-21-20-23-29/h25-26,29H,4-24H2,1-3H3,(H,28,30). The van der Waals surface area contributed by atoms with Crippen molar-refractivity contribution < 1.29 is 24.1 Å². The van der Waals surface area contributed by atoms with Gasteiger partial charge >= 0.3 is 6.09 Å². The number of aliphatic hydroxyl groups is 1. The molecular weight excluding hydrogens is 418 g/mol. The van der Waals surface area contributed by atoms with Gasteiger partial charge in [-0.2, -0.15) is 0 Å². The van der Waals surface area contributed by atoms with E-state index >= 15 is 0 Å². The third kappa shape index (κ3) is 22.7. The Morgan fingerprint density at radius 2 is 1.24 bits per heavy atom.